The molecule has 5 nitrogen and oxygen atoms in total. The monoisotopic (exact) mass is 371 g/mol. The molecule has 2 aromatic carbocycles. The standard InChI is InChI=1S/C23H21N3O2/c1-25(21-9-3-2-4-10-21)22(27)19-13-20(15-24-14-19)23(28)26-12-11-17-7-5-6-8-18(17)16-26/h2-10,13-15H,11-12,16H2,1H3. The lowest BCUT2D eigenvalue weighted by molar-refractivity contribution is 0.0734. The predicted octanol–water partition coefficient (Wildman–Crippen LogP) is 3.56. The fourth-order valence-corrected chi connectivity index (χ4v) is 3.49. The third-order valence-corrected chi connectivity index (χ3v) is 5.10. The summed E-state index contributed by atoms with van der Waals surface area (Å²) >= 11 is 0. The molecule has 2 amide bonds. The van der Waals surface area contributed by atoms with Gasteiger partial charge in [0.05, 0.1) is 11.1 Å². The molecule has 0 aliphatic carbocycles. The number of benzene rings is 2. The van der Waals surface area contributed by atoms with Crippen LogP contribution in [0.2, 0.25) is 0 Å². The van der Waals surface area contributed by atoms with Gasteiger partial charge in [-0.3, -0.25) is 14.6 Å². The van der Waals surface area contributed by atoms with Gasteiger partial charge in [-0.25, -0.2) is 0 Å². The summed E-state index contributed by atoms with van der Waals surface area (Å²) in [6.07, 6.45) is 3.87. The van der Waals surface area contributed by atoms with Crippen molar-refractivity contribution in [2.75, 3.05) is 18.5 Å². The van der Waals surface area contributed by atoms with Gasteiger partial charge in [-0.2, -0.15) is 0 Å². The number of nitrogens with zero attached hydrogens (tertiary/aromatic N) is 3. The van der Waals surface area contributed by atoms with Gasteiger partial charge >= 0.3 is 0 Å². The first-order valence-corrected chi connectivity index (χ1v) is 9.27. The van der Waals surface area contributed by atoms with Crippen LogP contribution >= 0.6 is 0 Å². The van der Waals surface area contributed by atoms with Crippen molar-refractivity contribution in [1.82, 2.24) is 9.88 Å². The van der Waals surface area contributed by atoms with Crippen LogP contribution in [0, 0.1) is 0 Å². The number of hydrogen-bond acceptors (Lipinski definition) is 3. The molecule has 4 rings (SSSR count). The van der Waals surface area contributed by atoms with E-state index in [4.69, 9.17) is 0 Å². The van der Waals surface area contributed by atoms with Crippen LogP contribution in [0.15, 0.2) is 73.1 Å². The number of carbonyl (C=O) groups is 2. The Morgan fingerprint density at radius 1 is 0.929 bits per heavy atom. The van der Waals surface area contributed by atoms with Gasteiger partial charge in [0.15, 0.2) is 0 Å². The molecular formula is C23H21N3O2. The van der Waals surface area contributed by atoms with E-state index in [2.05, 4.69) is 17.1 Å². The molecule has 0 atom stereocenters. The van der Waals surface area contributed by atoms with Crippen molar-refractivity contribution < 1.29 is 9.59 Å². The van der Waals surface area contributed by atoms with E-state index in [1.165, 1.54) is 23.5 Å². The molecule has 1 aliphatic heterocycles. The summed E-state index contributed by atoms with van der Waals surface area (Å²) in [5.41, 5.74) is 4.09. The number of rotatable bonds is 3. The quantitative estimate of drug-likeness (QED) is 0.707. The molecule has 0 spiro atoms. The van der Waals surface area contributed by atoms with Crippen LogP contribution in [0.1, 0.15) is 31.8 Å². The van der Waals surface area contributed by atoms with Gasteiger partial charge in [0.25, 0.3) is 11.8 Å². The highest BCUT2D eigenvalue weighted by Crippen LogP contribution is 2.21. The summed E-state index contributed by atoms with van der Waals surface area (Å²) in [5, 5.41) is 0. The molecule has 0 saturated carbocycles. The van der Waals surface area contributed by atoms with Crippen molar-refractivity contribution in [2.45, 2.75) is 13.0 Å². The molecule has 28 heavy (non-hydrogen) atoms. The maximum absolute atomic E-state index is 13.0. The highest BCUT2D eigenvalue weighted by atomic mass is 16.2. The second kappa shape index (κ2) is 7.64. The number of hydrogen-bond donors (Lipinski definition) is 0. The van der Waals surface area contributed by atoms with Crippen molar-refractivity contribution >= 4 is 17.5 Å². The Balaban J connectivity index is 1.54. The van der Waals surface area contributed by atoms with Gasteiger partial charge in [-0.15, -0.1) is 0 Å². The Hall–Kier alpha value is -3.47. The van der Waals surface area contributed by atoms with Gasteiger partial charge in [0.2, 0.25) is 0 Å². The highest BCUT2D eigenvalue weighted by Gasteiger charge is 2.23. The third kappa shape index (κ3) is 3.51. The molecule has 1 aliphatic rings. The van der Waals surface area contributed by atoms with E-state index in [0.29, 0.717) is 24.2 Å². The number of anilines is 1. The molecule has 0 radical (unpaired) electrons. The van der Waals surface area contributed by atoms with Gasteiger partial charge in [-0.1, -0.05) is 42.5 Å². The zero-order valence-electron chi connectivity index (χ0n) is 15.7. The van der Waals surface area contributed by atoms with Gasteiger partial charge in [0.1, 0.15) is 0 Å². The summed E-state index contributed by atoms with van der Waals surface area (Å²) in [6.45, 7) is 1.25. The SMILES string of the molecule is CN(C(=O)c1cncc(C(=O)N2CCc3ccccc3C2)c1)c1ccccc1. The Kier molecular flexibility index (Phi) is 4.89. The highest BCUT2D eigenvalue weighted by molar-refractivity contribution is 6.07. The van der Waals surface area contributed by atoms with Crippen LogP contribution in [-0.2, 0) is 13.0 Å². The van der Waals surface area contributed by atoms with Crippen molar-refractivity contribution in [3.63, 3.8) is 0 Å². The van der Waals surface area contributed by atoms with Gasteiger partial charge in [-0.05, 0) is 35.7 Å². The van der Waals surface area contributed by atoms with E-state index in [0.717, 1.165) is 12.1 Å². The Morgan fingerprint density at radius 3 is 2.39 bits per heavy atom. The van der Waals surface area contributed by atoms with Crippen molar-refractivity contribution in [3.05, 3.63) is 95.3 Å². The molecular weight excluding hydrogens is 350 g/mol. The number of fused-ring (bicyclic) bond motifs is 1. The number of aromatic nitrogens is 1. The number of para-hydroxylation sites is 1. The largest absolute Gasteiger partial charge is 0.334 e. The lowest BCUT2D eigenvalue weighted by Gasteiger charge is -2.29. The first kappa shape index (κ1) is 17.9. The minimum absolute atomic E-state index is 0.0981. The second-order valence-electron chi connectivity index (χ2n) is 6.91. The van der Waals surface area contributed by atoms with Crippen LogP contribution in [-0.4, -0.2) is 35.3 Å². The Morgan fingerprint density at radius 2 is 1.61 bits per heavy atom. The second-order valence-corrected chi connectivity index (χ2v) is 6.91. The molecule has 5 heteroatoms. The first-order chi connectivity index (χ1) is 13.6. The molecule has 3 aromatic rings. The number of amides is 2. The molecule has 0 N–H and O–H groups in total. The number of pyridine rings is 1. The van der Waals surface area contributed by atoms with E-state index in [-0.39, 0.29) is 11.8 Å². The lowest BCUT2D eigenvalue weighted by atomic mass is 9.99. The van der Waals surface area contributed by atoms with Crippen molar-refractivity contribution in [3.8, 4) is 0 Å². The molecule has 0 unspecified atom stereocenters. The molecule has 0 bridgehead atoms. The van der Waals surface area contributed by atoms with Crippen molar-refractivity contribution in [1.29, 1.82) is 0 Å². The summed E-state index contributed by atoms with van der Waals surface area (Å²) in [5.74, 6) is -0.295. The van der Waals surface area contributed by atoms with Gasteiger partial charge < -0.3 is 9.80 Å². The first-order valence-electron chi connectivity index (χ1n) is 9.27. The minimum atomic E-state index is -0.197. The molecule has 1 aromatic heterocycles. The summed E-state index contributed by atoms with van der Waals surface area (Å²) in [6, 6.07) is 19.2. The van der Waals surface area contributed by atoms with Gasteiger partial charge in [0, 0.05) is 38.2 Å². The van der Waals surface area contributed by atoms with E-state index < -0.39 is 0 Å². The fourth-order valence-electron chi connectivity index (χ4n) is 3.49. The zero-order chi connectivity index (χ0) is 19.5. The summed E-state index contributed by atoms with van der Waals surface area (Å²) in [4.78, 5) is 33.3. The molecule has 2 heterocycles. The topological polar surface area (TPSA) is 53.5 Å². The zero-order valence-corrected chi connectivity index (χ0v) is 15.7. The van der Waals surface area contributed by atoms with Crippen molar-refractivity contribution in [2.24, 2.45) is 0 Å². The summed E-state index contributed by atoms with van der Waals surface area (Å²) in [7, 11) is 1.72. The lowest BCUT2D eigenvalue weighted by Crippen LogP contribution is -2.36. The third-order valence-electron chi connectivity index (χ3n) is 5.10. The maximum atomic E-state index is 13.0. The minimum Gasteiger partial charge on any atom is -0.334 e. The number of carbonyl (C=O) groups excluding carboxylic acids is 2. The van der Waals surface area contributed by atoms with E-state index in [1.54, 1.807) is 18.0 Å². The fraction of sp³-hybridized carbons (Fsp3) is 0.174. The van der Waals surface area contributed by atoms with Crippen LogP contribution in [0.3, 0.4) is 0 Å². The molecule has 140 valence electrons. The van der Waals surface area contributed by atoms with E-state index in [1.807, 2.05) is 47.4 Å². The van der Waals surface area contributed by atoms with Crippen LogP contribution in [0.4, 0.5) is 5.69 Å². The van der Waals surface area contributed by atoms with Crippen LogP contribution < -0.4 is 4.90 Å². The smallest absolute Gasteiger partial charge is 0.259 e. The van der Waals surface area contributed by atoms with Crippen LogP contribution in [0.25, 0.3) is 0 Å². The average Bonchev–Trinajstić information content (AvgIpc) is 2.78. The van der Waals surface area contributed by atoms with Crippen LogP contribution in [0.5, 0.6) is 0 Å². The average molecular weight is 371 g/mol. The normalized spacial score (nSPS) is 13.0. The molecule has 0 saturated heterocycles. The Labute approximate surface area is 164 Å². The maximum Gasteiger partial charge on any atom is 0.259 e. The predicted molar refractivity (Wildman–Crippen MR) is 108 cm³/mol. The Bertz CT molecular complexity index is 1020. The summed E-state index contributed by atoms with van der Waals surface area (Å²) < 4.78 is 0. The van der Waals surface area contributed by atoms with E-state index >= 15 is 0 Å². The molecule has 0 fully saturated rings. The van der Waals surface area contributed by atoms with E-state index in [9.17, 15) is 9.59 Å².